The lowest BCUT2D eigenvalue weighted by Gasteiger charge is -2.33. The van der Waals surface area contributed by atoms with Crippen LogP contribution in [0.4, 0.5) is 9.59 Å². The number of carbonyl (C=O) groups excluding carboxylic acids is 4. The number of carbonyl (C=O) groups is 4. The van der Waals surface area contributed by atoms with E-state index < -0.39 is 65.5 Å². The number of ether oxygens (including phenoxy) is 3. The zero-order valence-corrected chi connectivity index (χ0v) is 30.6. The first-order valence-electron chi connectivity index (χ1n) is 17.2. The van der Waals surface area contributed by atoms with Crippen LogP contribution in [-0.2, 0) is 46.3 Å². The molecule has 2 saturated heterocycles. The monoisotopic (exact) mass is 693 g/mol. The quantitative estimate of drug-likeness (QED) is 0.164. The fraction of sp³-hybridized carbons (Fsp3) is 0.568. The van der Waals surface area contributed by atoms with Crippen LogP contribution in [0, 0.1) is 5.92 Å². The minimum Gasteiger partial charge on any atom is -0.459 e. The van der Waals surface area contributed by atoms with E-state index in [2.05, 4.69) is 10.6 Å². The van der Waals surface area contributed by atoms with Crippen LogP contribution in [0.15, 0.2) is 60.7 Å². The fourth-order valence-corrected chi connectivity index (χ4v) is 6.07. The van der Waals surface area contributed by atoms with Crippen LogP contribution in [0.2, 0.25) is 6.32 Å². The molecule has 3 atom stereocenters. The summed E-state index contributed by atoms with van der Waals surface area (Å²) >= 11 is 0. The minimum atomic E-state index is -1.65. The van der Waals surface area contributed by atoms with E-state index in [0.29, 0.717) is 19.2 Å². The largest absolute Gasteiger partial charge is 0.459 e. The number of esters is 1. The Morgan fingerprint density at radius 3 is 1.96 bits per heavy atom. The lowest BCUT2D eigenvalue weighted by atomic mass is 9.77. The van der Waals surface area contributed by atoms with Crippen molar-refractivity contribution >= 4 is 31.2 Å². The van der Waals surface area contributed by atoms with Gasteiger partial charge in [0.1, 0.15) is 24.9 Å². The van der Waals surface area contributed by atoms with E-state index in [-0.39, 0.29) is 26.3 Å². The average molecular weight is 694 g/mol. The first kappa shape index (κ1) is 38.7. The molecule has 0 saturated carbocycles. The molecule has 0 aromatic heterocycles. The first-order valence-corrected chi connectivity index (χ1v) is 17.2. The van der Waals surface area contributed by atoms with Crippen LogP contribution in [0.25, 0.3) is 0 Å². The molecule has 2 N–H and O–H groups in total. The summed E-state index contributed by atoms with van der Waals surface area (Å²) < 4.78 is 29.2. The number of amides is 3. The average Bonchev–Trinajstić information content (AvgIpc) is 3.50. The Balaban J connectivity index is 1.58. The van der Waals surface area contributed by atoms with Crippen LogP contribution >= 0.6 is 0 Å². The molecule has 0 spiro atoms. The molecular formula is C37H52BN3O9. The first-order chi connectivity index (χ1) is 23.4. The molecule has 2 fully saturated rings. The SMILES string of the molecule is C[C@H](NC(=O)OC(C)(C)C)C(=O)N1C[C@@H](CCCB2OC(C)(C)C(C)(C)O2)[C@@](NC(=O)OCc2ccccc2)(C(=O)OCc2ccccc2)C1. The number of hydrogen-bond acceptors (Lipinski definition) is 9. The molecule has 0 radical (unpaired) electrons. The maximum absolute atomic E-state index is 14.3. The Morgan fingerprint density at radius 2 is 1.42 bits per heavy atom. The molecule has 2 aromatic rings. The van der Waals surface area contributed by atoms with Gasteiger partial charge in [-0.15, -0.1) is 0 Å². The van der Waals surface area contributed by atoms with Crippen molar-refractivity contribution in [3.8, 4) is 0 Å². The smallest absolute Gasteiger partial charge is 0.457 e. The third kappa shape index (κ3) is 10.00. The maximum atomic E-state index is 14.3. The van der Waals surface area contributed by atoms with Crippen molar-refractivity contribution < 1.29 is 42.7 Å². The Hall–Kier alpha value is -4.10. The summed E-state index contributed by atoms with van der Waals surface area (Å²) in [5.41, 5.74) is -1.88. The molecule has 0 bridgehead atoms. The van der Waals surface area contributed by atoms with Gasteiger partial charge >= 0.3 is 25.3 Å². The van der Waals surface area contributed by atoms with Gasteiger partial charge in [-0.05, 0) is 79.3 Å². The third-order valence-corrected chi connectivity index (χ3v) is 9.40. The van der Waals surface area contributed by atoms with Crippen molar-refractivity contribution in [2.45, 2.75) is 116 Å². The highest BCUT2D eigenvalue weighted by Gasteiger charge is 2.56. The minimum absolute atomic E-state index is 0.0199. The Labute approximate surface area is 296 Å². The number of nitrogens with zero attached hydrogens (tertiary/aromatic N) is 1. The third-order valence-electron chi connectivity index (χ3n) is 9.40. The lowest BCUT2D eigenvalue weighted by molar-refractivity contribution is -0.154. The van der Waals surface area contributed by atoms with Gasteiger partial charge in [-0.3, -0.25) is 4.79 Å². The molecular weight excluding hydrogens is 641 g/mol. The number of hydrogen-bond donors (Lipinski definition) is 2. The zero-order valence-electron chi connectivity index (χ0n) is 30.6. The van der Waals surface area contributed by atoms with Crippen molar-refractivity contribution in [1.82, 2.24) is 15.5 Å². The second-order valence-corrected chi connectivity index (χ2v) is 15.1. The number of rotatable bonds is 12. The Bertz CT molecular complexity index is 1470. The summed E-state index contributed by atoms with van der Waals surface area (Å²) in [6, 6.07) is 17.4. The van der Waals surface area contributed by atoms with Crippen molar-refractivity contribution in [1.29, 1.82) is 0 Å². The van der Waals surface area contributed by atoms with Crippen molar-refractivity contribution in [3.05, 3.63) is 71.8 Å². The van der Waals surface area contributed by atoms with Crippen LogP contribution < -0.4 is 10.6 Å². The van der Waals surface area contributed by atoms with Crippen molar-refractivity contribution in [2.24, 2.45) is 5.92 Å². The van der Waals surface area contributed by atoms with Gasteiger partial charge < -0.3 is 39.1 Å². The van der Waals surface area contributed by atoms with Gasteiger partial charge in [0.2, 0.25) is 5.91 Å². The highest BCUT2D eigenvalue weighted by molar-refractivity contribution is 6.45. The molecule has 0 unspecified atom stereocenters. The molecule has 0 aliphatic carbocycles. The lowest BCUT2D eigenvalue weighted by Crippen LogP contribution is -2.61. The number of likely N-dealkylation sites (tertiary alicyclic amines) is 1. The summed E-state index contributed by atoms with van der Waals surface area (Å²) in [4.78, 5) is 55.5. The van der Waals surface area contributed by atoms with Crippen molar-refractivity contribution in [3.63, 3.8) is 0 Å². The predicted octanol–water partition coefficient (Wildman–Crippen LogP) is 5.64. The van der Waals surface area contributed by atoms with Gasteiger partial charge in [0.25, 0.3) is 0 Å². The van der Waals surface area contributed by atoms with Gasteiger partial charge in [0.05, 0.1) is 17.7 Å². The molecule has 2 aliphatic heterocycles. The Kier molecular flexibility index (Phi) is 12.3. The van der Waals surface area contributed by atoms with E-state index in [1.165, 1.54) is 4.90 Å². The van der Waals surface area contributed by atoms with Crippen LogP contribution in [-0.4, -0.2) is 77.6 Å². The number of benzene rings is 2. The topological polar surface area (TPSA) is 142 Å². The summed E-state index contributed by atoms with van der Waals surface area (Å²) in [5.74, 6) is -1.71. The second kappa shape index (κ2) is 15.8. The van der Waals surface area contributed by atoms with E-state index in [9.17, 15) is 19.2 Å². The van der Waals surface area contributed by atoms with Gasteiger partial charge in [0, 0.05) is 12.5 Å². The van der Waals surface area contributed by atoms with E-state index in [1.54, 1.807) is 27.7 Å². The molecule has 2 aliphatic rings. The summed E-state index contributed by atoms with van der Waals surface area (Å²) in [6.07, 6.45) is -0.0601. The highest BCUT2D eigenvalue weighted by atomic mass is 16.7. The summed E-state index contributed by atoms with van der Waals surface area (Å²) in [5, 5.41) is 5.44. The van der Waals surface area contributed by atoms with Gasteiger partial charge in [-0.1, -0.05) is 67.1 Å². The van der Waals surface area contributed by atoms with E-state index in [0.717, 1.165) is 11.1 Å². The standard InChI is InChI=1S/C37H52BN3O9/c1-26(39-32(44)48-34(2,3)4)30(42)41-22-29(20-15-21-38-49-35(5,6)36(7,8)50-38)37(25-41,31(43)46-23-27-16-11-9-12-17-27)40-33(45)47-24-28-18-13-10-14-19-28/h9-14,16-19,26,29H,15,20-25H2,1-8H3,(H,39,44)(H,40,45)/t26-,29+,37+/m0/s1. The normalized spacial score (nSPS) is 21.6. The molecule has 13 heteroatoms. The zero-order chi connectivity index (χ0) is 36.7. The van der Waals surface area contributed by atoms with Crippen LogP contribution in [0.5, 0.6) is 0 Å². The van der Waals surface area contributed by atoms with Gasteiger partial charge in [-0.2, -0.15) is 0 Å². The number of alkyl carbamates (subject to hydrolysis) is 2. The molecule has 4 rings (SSSR count). The van der Waals surface area contributed by atoms with Crippen molar-refractivity contribution in [2.75, 3.05) is 13.1 Å². The molecule has 12 nitrogen and oxygen atoms in total. The van der Waals surface area contributed by atoms with Gasteiger partial charge in [-0.25, -0.2) is 14.4 Å². The molecule has 2 heterocycles. The molecule has 3 amide bonds. The molecule has 272 valence electrons. The summed E-state index contributed by atoms with van der Waals surface area (Å²) in [7, 11) is -0.458. The molecule has 2 aromatic carbocycles. The van der Waals surface area contributed by atoms with Gasteiger partial charge in [0.15, 0.2) is 5.54 Å². The molecule has 50 heavy (non-hydrogen) atoms. The summed E-state index contributed by atoms with van der Waals surface area (Å²) in [6.45, 7) is 14.5. The van der Waals surface area contributed by atoms with E-state index in [4.69, 9.17) is 23.5 Å². The van der Waals surface area contributed by atoms with E-state index in [1.807, 2.05) is 88.4 Å². The Morgan fingerprint density at radius 1 is 0.880 bits per heavy atom. The number of nitrogens with one attached hydrogen (secondary N) is 2. The van der Waals surface area contributed by atoms with Crippen LogP contribution in [0.1, 0.15) is 79.4 Å². The predicted molar refractivity (Wildman–Crippen MR) is 188 cm³/mol. The highest BCUT2D eigenvalue weighted by Crippen LogP contribution is 2.39. The second-order valence-electron chi connectivity index (χ2n) is 15.1. The maximum Gasteiger partial charge on any atom is 0.457 e. The fourth-order valence-electron chi connectivity index (χ4n) is 6.07. The van der Waals surface area contributed by atoms with E-state index >= 15 is 0 Å². The van der Waals surface area contributed by atoms with Crippen LogP contribution in [0.3, 0.4) is 0 Å².